The Kier molecular flexibility index (Phi) is 5.18. The number of carbonyl (C=O) groups excluding carboxylic acids is 2. The van der Waals surface area contributed by atoms with E-state index in [0.717, 1.165) is 29.9 Å². The number of imide groups is 1. The molecule has 3 aliphatic heterocycles. The van der Waals surface area contributed by atoms with Gasteiger partial charge in [-0.15, -0.1) is 0 Å². The van der Waals surface area contributed by atoms with E-state index in [1.54, 1.807) is 11.9 Å². The first-order chi connectivity index (χ1) is 15.3. The van der Waals surface area contributed by atoms with E-state index in [-0.39, 0.29) is 24.4 Å². The number of aryl methyl sites for hydroxylation is 2. The summed E-state index contributed by atoms with van der Waals surface area (Å²) in [4.78, 5) is 34.5. The number of carbonyl (C=O) groups is 2. The normalized spacial score (nSPS) is 28.2. The molecule has 0 radical (unpaired) electrons. The van der Waals surface area contributed by atoms with E-state index in [0.29, 0.717) is 12.5 Å². The minimum absolute atomic E-state index is 0.119. The molecule has 3 heterocycles. The average molecular weight is 434 g/mol. The summed E-state index contributed by atoms with van der Waals surface area (Å²) >= 11 is 0. The maximum Gasteiger partial charge on any atom is 0.328 e. The first-order valence-electron chi connectivity index (χ1n) is 11.3. The van der Waals surface area contributed by atoms with Crippen LogP contribution >= 0.6 is 0 Å². The Morgan fingerprint density at radius 1 is 1.00 bits per heavy atom. The van der Waals surface area contributed by atoms with Crippen LogP contribution in [0.4, 0.5) is 10.5 Å². The topological polar surface area (TPSA) is 59.1 Å². The molecular formula is C25H31N5O2. The van der Waals surface area contributed by atoms with Crippen LogP contribution in [0.5, 0.6) is 0 Å². The maximum atomic E-state index is 13.7. The molecule has 0 aliphatic carbocycles. The van der Waals surface area contributed by atoms with E-state index in [2.05, 4.69) is 53.2 Å². The van der Waals surface area contributed by atoms with Gasteiger partial charge in [0.15, 0.2) is 0 Å². The van der Waals surface area contributed by atoms with Crippen molar-refractivity contribution < 1.29 is 9.59 Å². The summed E-state index contributed by atoms with van der Waals surface area (Å²) in [5, 5.41) is 3.60. The lowest BCUT2D eigenvalue weighted by molar-refractivity contribution is -0.139. The quantitative estimate of drug-likeness (QED) is 0.807. The van der Waals surface area contributed by atoms with Gasteiger partial charge in [0.05, 0.1) is 6.54 Å². The second-order valence-corrected chi connectivity index (χ2v) is 9.53. The number of hydrogen-bond donors (Lipinski definition) is 1. The zero-order chi connectivity index (χ0) is 22.6. The minimum atomic E-state index is -0.400. The lowest BCUT2D eigenvalue weighted by Crippen LogP contribution is -2.66. The summed E-state index contributed by atoms with van der Waals surface area (Å²) in [5.74, 6) is 0.278. The van der Waals surface area contributed by atoms with Crippen LogP contribution in [-0.2, 0) is 11.3 Å². The van der Waals surface area contributed by atoms with Gasteiger partial charge in [0.25, 0.3) is 5.91 Å². The highest BCUT2D eigenvalue weighted by atomic mass is 16.2. The molecule has 7 heteroatoms. The Morgan fingerprint density at radius 2 is 1.75 bits per heavy atom. The van der Waals surface area contributed by atoms with Gasteiger partial charge in [-0.1, -0.05) is 48.9 Å². The fraction of sp³-hybridized carbons (Fsp3) is 0.440. The van der Waals surface area contributed by atoms with Crippen LogP contribution in [0.25, 0.3) is 0 Å². The molecule has 32 heavy (non-hydrogen) atoms. The highest BCUT2D eigenvalue weighted by Crippen LogP contribution is 2.35. The summed E-state index contributed by atoms with van der Waals surface area (Å²) in [5.41, 5.74) is 4.45. The van der Waals surface area contributed by atoms with Crippen LogP contribution in [0.15, 0.2) is 48.5 Å². The van der Waals surface area contributed by atoms with Crippen LogP contribution in [0.1, 0.15) is 23.6 Å². The van der Waals surface area contributed by atoms with E-state index in [4.69, 9.17) is 0 Å². The number of amides is 3. The number of nitrogens with one attached hydrogen (secondary N) is 1. The molecule has 3 saturated heterocycles. The monoisotopic (exact) mass is 433 g/mol. The number of hydrogen-bond acceptors (Lipinski definition) is 5. The van der Waals surface area contributed by atoms with Gasteiger partial charge < -0.3 is 9.80 Å². The summed E-state index contributed by atoms with van der Waals surface area (Å²) in [6, 6.07) is 15.8. The lowest BCUT2D eigenvalue weighted by atomic mass is 10.0. The van der Waals surface area contributed by atoms with Crippen LogP contribution in [0.2, 0.25) is 0 Å². The summed E-state index contributed by atoms with van der Waals surface area (Å²) in [6.45, 7) is 8.35. The zero-order valence-electron chi connectivity index (χ0n) is 19.2. The van der Waals surface area contributed by atoms with E-state index < -0.39 is 6.04 Å². The molecule has 2 aromatic rings. The highest BCUT2D eigenvalue weighted by molar-refractivity contribution is 6.00. The zero-order valence-corrected chi connectivity index (χ0v) is 19.2. The Morgan fingerprint density at radius 3 is 2.47 bits per heavy atom. The van der Waals surface area contributed by atoms with E-state index in [1.807, 2.05) is 31.2 Å². The van der Waals surface area contributed by atoms with Crippen molar-refractivity contribution >= 4 is 17.6 Å². The van der Waals surface area contributed by atoms with Crippen molar-refractivity contribution in [3.8, 4) is 0 Å². The molecule has 4 unspecified atom stereocenters. The van der Waals surface area contributed by atoms with Crippen molar-refractivity contribution in [2.24, 2.45) is 5.92 Å². The van der Waals surface area contributed by atoms with Gasteiger partial charge in [-0.3, -0.25) is 19.9 Å². The second kappa shape index (κ2) is 7.90. The summed E-state index contributed by atoms with van der Waals surface area (Å²) in [6.07, 6.45) is -0.464. The van der Waals surface area contributed by atoms with Gasteiger partial charge in [0.1, 0.15) is 18.5 Å². The molecule has 3 aliphatic rings. The fourth-order valence-electron chi connectivity index (χ4n) is 5.25. The van der Waals surface area contributed by atoms with E-state index in [9.17, 15) is 9.59 Å². The first kappa shape index (κ1) is 21.0. The number of anilines is 1. The van der Waals surface area contributed by atoms with Crippen molar-refractivity contribution in [1.29, 1.82) is 0 Å². The third-order valence-electron chi connectivity index (χ3n) is 6.88. The first-order valence-corrected chi connectivity index (χ1v) is 11.3. The molecule has 0 bridgehead atoms. The molecule has 3 fully saturated rings. The maximum absolute atomic E-state index is 13.7. The van der Waals surface area contributed by atoms with Crippen molar-refractivity contribution in [3.05, 3.63) is 65.2 Å². The van der Waals surface area contributed by atoms with Gasteiger partial charge in [0, 0.05) is 25.8 Å². The van der Waals surface area contributed by atoms with Gasteiger partial charge >= 0.3 is 6.03 Å². The van der Waals surface area contributed by atoms with Crippen molar-refractivity contribution in [1.82, 2.24) is 20.0 Å². The molecule has 7 nitrogen and oxygen atoms in total. The number of benzene rings is 2. The van der Waals surface area contributed by atoms with Gasteiger partial charge in [-0.05, 0) is 43.0 Å². The van der Waals surface area contributed by atoms with Crippen molar-refractivity contribution in [3.63, 3.8) is 0 Å². The summed E-state index contributed by atoms with van der Waals surface area (Å²) in [7, 11) is 1.79. The Hall–Kier alpha value is -2.90. The van der Waals surface area contributed by atoms with Crippen LogP contribution in [0.3, 0.4) is 0 Å². The number of fused-ring (bicyclic) bond motifs is 3. The number of rotatable bonds is 3. The van der Waals surface area contributed by atoms with Crippen molar-refractivity contribution in [2.75, 3.05) is 25.0 Å². The van der Waals surface area contributed by atoms with E-state index >= 15 is 0 Å². The fourth-order valence-corrected chi connectivity index (χ4v) is 5.25. The molecular weight excluding hydrogens is 402 g/mol. The predicted octanol–water partition coefficient (Wildman–Crippen LogP) is 2.74. The van der Waals surface area contributed by atoms with E-state index in [1.165, 1.54) is 10.5 Å². The van der Waals surface area contributed by atoms with Crippen LogP contribution < -0.4 is 10.2 Å². The molecule has 2 aromatic carbocycles. The lowest BCUT2D eigenvalue weighted by Gasteiger charge is -2.46. The Bertz CT molecular complexity index is 1040. The Balaban J connectivity index is 1.45. The molecule has 5 rings (SSSR count). The third kappa shape index (κ3) is 3.45. The molecule has 0 spiro atoms. The number of nitrogens with zero attached hydrogens (tertiary/aromatic N) is 4. The summed E-state index contributed by atoms with van der Waals surface area (Å²) < 4.78 is 0. The molecule has 1 N–H and O–H groups in total. The molecule has 168 valence electrons. The largest absolute Gasteiger partial charge is 0.343 e. The number of likely N-dealkylation sites (N-methyl/N-ethyl adjacent to an activating group) is 1. The molecule has 3 amide bonds. The number of urea groups is 1. The van der Waals surface area contributed by atoms with Gasteiger partial charge in [-0.2, -0.15) is 0 Å². The standard InChI is InChI=1S/C25H31N5O2/c1-16-8-10-19(11-9-16)15-30-23(31)21-22(27(4)25(30)32)26-24-28(13-18(3)14-29(21)24)20-7-5-6-17(2)12-20/h5-12,18,21-22,24,26H,13-15H2,1-4H3. The smallest absolute Gasteiger partial charge is 0.328 e. The molecule has 0 saturated carbocycles. The SMILES string of the molecule is Cc1ccc(CN2C(=O)C3C(NC4N(c5cccc(C)c5)CC(C)CN34)N(C)C2=O)cc1. The minimum Gasteiger partial charge on any atom is -0.343 e. The highest BCUT2D eigenvalue weighted by Gasteiger charge is 2.56. The van der Waals surface area contributed by atoms with Crippen LogP contribution in [-0.4, -0.2) is 65.3 Å². The van der Waals surface area contributed by atoms with Gasteiger partial charge in [0.2, 0.25) is 0 Å². The molecule has 4 atom stereocenters. The van der Waals surface area contributed by atoms with Crippen molar-refractivity contribution in [2.45, 2.75) is 45.8 Å². The van der Waals surface area contributed by atoms with Crippen LogP contribution in [0, 0.1) is 19.8 Å². The van der Waals surface area contributed by atoms with Gasteiger partial charge in [-0.25, -0.2) is 4.79 Å². The Labute approximate surface area is 189 Å². The molecule has 0 aromatic heterocycles. The predicted molar refractivity (Wildman–Crippen MR) is 124 cm³/mol. The third-order valence-corrected chi connectivity index (χ3v) is 6.88. The second-order valence-electron chi connectivity index (χ2n) is 9.53. The average Bonchev–Trinajstić information content (AvgIpc) is 3.15.